The number of nitrogens with one attached hydrogen (secondary N) is 1. The maximum atomic E-state index is 6.26. The Hall–Kier alpha value is -1.03. The van der Waals surface area contributed by atoms with E-state index in [-0.39, 0.29) is 6.04 Å². The summed E-state index contributed by atoms with van der Waals surface area (Å²) < 4.78 is 1.78. The van der Waals surface area contributed by atoms with Crippen LogP contribution in [0.3, 0.4) is 0 Å². The van der Waals surface area contributed by atoms with Crippen LogP contribution in [0.25, 0.3) is 0 Å². The van der Waals surface area contributed by atoms with Crippen LogP contribution in [0.1, 0.15) is 24.2 Å². The van der Waals surface area contributed by atoms with E-state index in [2.05, 4.69) is 17.3 Å². The summed E-state index contributed by atoms with van der Waals surface area (Å²) in [6.45, 7) is 2.89. The number of benzene rings is 1. The van der Waals surface area contributed by atoms with Crippen LogP contribution >= 0.6 is 23.2 Å². The van der Waals surface area contributed by atoms with Crippen molar-refractivity contribution in [2.75, 3.05) is 6.54 Å². The quantitative estimate of drug-likeness (QED) is 0.932. The van der Waals surface area contributed by atoms with E-state index in [0.717, 1.165) is 17.8 Å². The molecule has 0 aliphatic carbocycles. The lowest BCUT2D eigenvalue weighted by atomic mass is 10.0. The van der Waals surface area contributed by atoms with Gasteiger partial charge >= 0.3 is 0 Å². The smallest absolute Gasteiger partial charge is 0.0839 e. The van der Waals surface area contributed by atoms with Gasteiger partial charge in [-0.25, -0.2) is 0 Å². The molecule has 1 unspecified atom stereocenters. The molecule has 1 aromatic heterocycles. The molecular weight excluding hydrogens is 269 g/mol. The van der Waals surface area contributed by atoms with Crippen molar-refractivity contribution in [2.24, 2.45) is 7.05 Å². The Kier molecular flexibility index (Phi) is 4.27. The molecule has 18 heavy (non-hydrogen) atoms. The van der Waals surface area contributed by atoms with Crippen molar-refractivity contribution in [3.05, 3.63) is 51.8 Å². The third-order valence-electron chi connectivity index (χ3n) is 2.71. The first-order chi connectivity index (χ1) is 8.61. The van der Waals surface area contributed by atoms with Crippen LogP contribution < -0.4 is 5.32 Å². The lowest BCUT2D eigenvalue weighted by Gasteiger charge is -2.17. The Morgan fingerprint density at radius 2 is 2.11 bits per heavy atom. The molecule has 0 saturated heterocycles. The average molecular weight is 284 g/mol. The van der Waals surface area contributed by atoms with Gasteiger partial charge in [0.2, 0.25) is 0 Å². The van der Waals surface area contributed by atoms with Gasteiger partial charge in [0.1, 0.15) is 0 Å². The molecule has 0 radical (unpaired) electrons. The number of aromatic nitrogens is 2. The highest BCUT2D eigenvalue weighted by atomic mass is 35.5. The largest absolute Gasteiger partial charge is 0.305 e. The highest BCUT2D eigenvalue weighted by Gasteiger charge is 2.18. The molecule has 0 bridgehead atoms. The summed E-state index contributed by atoms with van der Waals surface area (Å²) in [7, 11) is 1.90. The van der Waals surface area contributed by atoms with E-state index in [9.17, 15) is 0 Å². The maximum Gasteiger partial charge on any atom is 0.0839 e. The van der Waals surface area contributed by atoms with Crippen molar-refractivity contribution >= 4 is 23.2 Å². The van der Waals surface area contributed by atoms with Crippen LogP contribution in [0.5, 0.6) is 0 Å². The maximum absolute atomic E-state index is 6.26. The average Bonchev–Trinajstić information content (AvgIpc) is 2.73. The van der Waals surface area contributed by atoms with Gasteiger partial charge in [0.15, 0.2) is 0 Å². The normalized spacial score (nSPS) is 12.7. The van der Waals surface area contributed by atoms with Crippen molar-refractivity contribution < 1.29 is 0 Å². The van der Waals surface area contributed by atoms with Gasteiger partial charge in [0.05, 0.1) is 11.7 Å². The third kappa shape index (κ3) is 2.86. The number of rotatable bonds is 4. The van der Waals surface area contributed by atoms with E-state index >= 15 is 0 Å². The molecule has 0 aliphatic rings. The van der Waals surface area contributed by atoms with Crippen molar-refractivity contribution in [1.82, 2.24) is 15.1 Å². The molecule has 3 nitrogen and oxygen atoms in total. The number of hydrogen-bond acceptors (Lipinski definition) is 2. The van der Waals surface area contributed by atoms with Crippen molar-refractivity contribution in [2.45, 2.75) is 13.0 Å². The first-order valence-corrected chi connectivity index (χ1v) is 6.55. The van der Waals surface area contributed by atoms with Crippen molar-refractivity contribution in [1.29, 1.82) is 0 Å². The molecule has 0 saturated carbocycles. The number of halogens is 2. The predicted octanol–water partition coefficient (Wildman–Crippen LogP) is 3.43. The Labute approximate surface area is 117 Å². The Morgan fingerprint density at radius 3 is 2.67 bits per heavy atom. The molecule has 1 atom stereocenters. The van der Waals surface area contributed by atoms with Crippen LogP contribution in [0.2, 0.25) is 10.0 Å². The zero-order chi connectivity index (χ0) is 13.1. The molecule has 1 aromatic carbocycles. The van der Waals surface area contributed by atoms with Gasteiger partial charge in [-0.2, -0.15) is 5.10 Å². The van der Waals surface area contributed by atoms with Crippen LogP contribution in [-0.4, -0.2) is 16.3 Å². The van der Waals surface area contributed by atoms with E-state index < -0.39 is 0 Å². The van der Waals surface area contributed by atoms with Crippen LogP contribution in [0, 0.1) is 0 Å². The van der Waals surface area contributed by atoms with Gasteiger partial charge in [-0.05, 0) is 30.3 Å². The summed E-state index contributed by atoms with van der Waals surface area (Å²) in [5, 5.41) is 9.11. The SMILES string of the molecule is CCNC(c1ccn(C)n1)c1ccc(Cl)cc1Cl. The van der Waals surface area contributed by atoms with Gasteiger partial charge < -0.3 is 5.32 Å². The fourth-order valence-electron chi connectivity index (χ4n) is 1.90. The zero-order valence-electron chi connectivity index (χ0n) is 10.3. The summed E-state index contributed by atoms with van der Waals surface area (Å²) in [5.41, 5.74) is 1.94. The molecule has 1 N–H and O–H groups in total. The second-order valence-electron chi connectivity index (χ2n) is 4.07. The number of nitrogens with zero attached hydrogens (tertiary/aromatic N) is 2. The first-order valence-electron chi connectivity index (χ1n) is 5.79. The monoisotopic (exact) mass is 283 g/mol. The van der Waals surface area contributed by atoms with Crippen LogP contribution in [0.15, 0.2) is 30.5 Å². The Balaban J connectivity index is 2.41. The Bertz CT molecular complexity index is 537. The van der Waals surface area contributed by atoms with Crippen molar-refractivity contribution in [3.63, 3.8) is 0 Å². The van der Waals surface area contributed by atoms with Crippen molar-refractivity contribution in [3.8, 4) is 0 Å². The molecule has 2 rings (SSSR count). The van der Waals surface area contributed by atoms with Crippen LogP contribution in [0.4, 0.5) is 0 Å². The number of aryl methyl sites for hydroxylation is 1. The summed E-state index contributed by atoms with van der Waals surface area (Å²) in [6, 6.07) is 7.51. The minimum atomic E-state index is -0.0130. The minimum absolute atomic E-state index is 0.0130. The second-order valence-corrected chi connectivity index (χ2v) is 4.91. The van der Waals surface area contributed by atoms with E-state index in [0.29, 0.717) is 10.0 Å². The molecule has 0 fully saturated rings. The first kappa shape index (κ1) is 13.4. The highest BCUT2D eigenvalue weighted by molar-refractivity contribution is 6.35. The standard InChI is InChI=1S/C13H15Cl2N3/c1-3-16-13(12-6-7-18(2)17-12)10-5-4-9(14)8-11(10)15/h4-8,13,16H,3H2,1-2H3. The highest BCUT2D eigenvalue weighted by Crippen LogP contribution is 2.29. The second kappa shape index (κ2) is 5.74. The van der Waals surface area contributed by atoms with E-state index in [1.165, 1.54) is 0 Å². The van der Waals surface area contributed by atoms with Gasteiger partial charge in [0.25, 0.3) is 0 Å². The van der Waals surface area contributed by atoms with E-state index in [1.807, 2.05) is 31.4 Å². The molecule has 0 amide bonds. The molecule has 0 aliphatic heterocycles. The van der Waals surface area contributed by atoms with Crippen LogP contribution in [-0.2, 0) is 7.05 Å². The summed E-state index contributed by atoms with van der Waals surface area (Å²) in [6.07, 6.45) is 1.92. The molecular formula is C13H15Cl2N3. The topological polar surface area (TPSA) is 29.9 Å². The molecule has 96 valence electrons. The molecule has 0 spiro atoms. The molecule has 2 aromatic rings. The fraction of sp³-hybridized carbons (Fsp3) is 0.308. The lowest BCUT2D eigenvalue weighted by Crippen LogP contribution is -2.23. The van der Waals surface area contributed by atoms with Gasteiger partial charge in [-0.1, -0.05) is 36.2 Å². The lowest BCUT2D eigenvalue weighted by molar-refractivity contribution is 0.600. The molecule has 1 heterocycles. The number of hydrogen-bond donors (Lipinski definition) is 1. The summed E-state index contributed by atoms with van der Waals surface area (Å²) in [5.74, 6) is 0. The zero-order valence-corrected chi connectivity index (χ0v) is 11.8. The Morgan fingerprint density at radius 1 is 1.33 bits per heavy atom. The van der Waals surface area contributed by atoms with E-state index in [4.69, 9.17) is 23.2 Å². The minimum Gasteiger partial charge on any atom is -0.305 e. The summed E-state index contributed by atoms with van der Waals surface area (Å²) in [4.78, 5) is 0. The molecule has 5 heteroatoms. The predicted molar refractivity (Wildman–Crippen MR) is 75.2 cm³/mol. The fourth-order valence-corrected chi connectivity index (χ4v) is 2.42. The summed E-state index contributed by atoms with van der Waals surface area (Å²) >= 11 is 12.2. The van der Waals surface area contributed by atoms with Gasteiger partial charge in [0, 0.05) is 23.3 Å². The third-order valence-corrected chi connectivity index (χ3v) is 3.27. The van der Waals surface area contributed by atoms with Gasteiger partial charge in [-0.3, -0.25) is 4.68 Å². The van der Waals surface area contributed by atoms with E-state index in [1.54, 1.807) is 10.7 Å². The van der Waals surface area contributed by atoms with Gasteiger partial charge in [-0.15, -0.1) is 0 Å².